The lowest BCUT2D eigenvalue weighted by Gasteiger charge is -2.21. The lowest BCUT2D eigenvalue weighted by atomic mass is 10.0. The molecule has 0 saturated carbocycles. The van der Waals surface area contributed by atoms with Crippen LogP contribution in [0, 0.1) is 0 Å². The molecule has 1 aromatic carbocycles. The second kappa shape index (κ2) is 10.1. The molecule has 5 nitrogen and oxygen atoms in total. The molecular weight excluding hydrogens is 426 g/mol. The first kappa shape index (κ1) is 23.0. The van der Waals surface area contributed by atoms with Gasteiger partial charge in [0.1, 0.15) is 5.82 Å². The van der Waals surface area contributed by atoms with Crippen LogP contribution in [0.3, 0.4) is 0 Å². The second-order valence-corrected chi connectivity index (χ2v) is 9.46. The SMILES string of the molecule is C=C(Nc1cc2cc(C(=C)S/C(C)=N\C)ccc2cn1)c1ccnc(C2=CCN(C)CC2)c1. The van der Waals surface area contributed by atoms with Crippen LogP contribution in [0.25, 0.3) is 26.9 Å². The number of thioether (sulfide) groups is 1. The van der Waals surface area contributed by atoms with Gasteiger partial charge in [0.2, 0.25) is 0 Å². The number of aromatic nitrogens is 2. The van der Waals surface area contributed by atoms with E-state index in [1.807, 2.05) is 31.5 Å². The van der Waals surface area contributed by atoms with E-state index in [2.05, 4.69) is 75.7 Å². The minimum absolute atomic E-state index is 0.756. The summed E-state index contributed by atoms with van der Waals surface area (Å²) in [5.41, 5.74) is 5.19. The summed E-state index contributed by atoms with van der Waals surface area (Å²) in [4.78, 5) is 16.6. The zero-order valence-corrected chi connectivity index (χ0v) is 20.2. The van der Waals surface area contributed by atoms with Crippen LogP contribution in [0.15, 0.2) is 73.0 Å². The molecule has 0 saturated heterocycles. The highest BCUT2D eigenvalue weighted by Crippen LogP contribution is 2.30. The Hall–Kier alpha value is -3.22. The Morgan fingerprint density at radius 2 is 1.94 bits per heavy atom. The summed E-state index contributed by atoms with van der Waals surface area (Å²) < 4.78 is 0. The normalized spacial score (nSPS) is 14.8. The van der Waals surface area contributed by atoms with E-state index in [4.69, 9.17) is 0 Å². The molecule has 0 amide bonds. The van der Waals surface area contributed by atoms with Gasteiger partial charge in [0.05, 0.1) is 10.7 Å². The number of benzene rings is 1. The van der Waals surface area contributed by atoms with Crippen molar-refractivity contribution >= 4 is 49.6 Å². The molecule has 0 spiro atoms. The van der Waals surface area contributed by atoms with Gasteiger partial charge in [0.15, 0.2) is 0 Å². The van der Waals surface area contributed by atoms with Gasteiger partial charge in [-0.25, -0.2) is 4.98 Å². The third-order valence-corrected chi connectivity index (χ3v) is 6.72. The molecule has 168 valence electrons. The Morgan fingerprint density at radius 3 is 2.70 bits per heavy atom. The number of fused-ring (bicyclic) bond motifs is 1. The number of nitrogens with one attached hydrogen (secondary N) is 1. The van der Waals surface area contributed by atoms with Crippen LogP contribution in [0.2, 0.25) is 0 Å². The summed E-state index contributed by atoms with van der Waals surface area (Å²) in [6.45, 7) is 12.5. The number of hydrogen-bond acceptors (Lipinski definition) is 6. The van der Waals surface area contributed by atoms with Crippen LogP contribution in [-0.2, 0) is 0 Å². The predicted molar refractivity (Wildman–Crippen MR) is 144 cm³/mol. The first-order chi connectivity index (χ1) is 15.9. The third-order valence-electron chi connectivity index (χ3n) is 5.76. The highest BCUT2D eigenvalue weighted by Gasteiger charge is 2.12. The maximum atomic E-state index is 4.58. The molecule has 3 heterocycles. The molecule has 0 bridgehead atoms. The topological polar surface area (TPSA) is 53.4 Å². The van der Waals surface area contributed by atoms with Crippen molar-refractivity contribution in [1.82, 2.24) is 14.9 Å². The van der Waals surface area contributed by atoms with Crippen molar-refractivity contribution in [1.29, 1.82) is 0 Å². The van der Waals surface area contributed by atoms with Crippen molar-refractivity contribution in [2.75, 3.05) is 32.5 Å². The Kier molecular flexibility index (Phi) is 7.06. The number of anilines is 1. The lowest BCUT2D eigenvalue weighted by molar-refractivity contribution is 0.370. The number of aliphatic imine (C=N–C) groups is 1. The third kappa shape index (κ3) is 5.59. The average Bonchev–Trinajstić information content (AvgIpc) is 2.84. The van der Waals surface area contributed by atoms with Crippen molar-refractivity contribution < 1.29 is 0 Å². The molecule has 0 atom stereocenters. The predicted octanol–water partition coefficient (Wildman–Crippen LogP) is 6.18. The first-order valence-corrected chi connectivity index (χ1v) is 11.7. The summed E-state index contributed by atoms with van der Waals surface area (Å²) in [6, 6.07) is 12.4. The minimum Gasteiger partial charge on any atom is -0.340 e. The summed E-state index contributed by atoms with van der Waals surface area (Å²) in [5, 5.41) is 6.53. The maximum absolute atomic E-state index is 4.58. The van der Waals surface area contributed by atoms with Gasteiger partial charge in [0, 0.05) is 54.1 Å². The fraction of sp³-hybridized carbons (Fsp3) is 0.222. The molecule has 0 radical (unpaired) electrons. The van der Waals surface area contributed by atoms with Gasteiger partial charge >= 0.3 is 0 Å². The molecule has 33 heavy (non-hydrogen) atoms. The summed E-state index contributed by atoms with van der Waals surface area (Å²) in [7, 11) is 3.93. The molecule has 3 aromatic rings. The molecule has 6 heteroatoms. The van der Waals surface area contributed by atoms with Crippen LogP contribution < -0.4 is 5.32 Å². The van der Waals surface area contributed by atoms with E-state index in [0.29, 0.717) is 0 Å². The van der Waals surface area contributed by atoms with Crippen molar-refractivity contribution in [2.45, 2.75) is 13.3 Å². The van der Waals surface area contributed by atoms with Crippen molar-refractivity contribution in [3.05, 3.63) is 84.8 Å². The fourth-order valence-electron chi connectivity index (χ4n) is 3.69. The number of nitrogens with zero attached hydrogens (tertiary/aromatic N) is 4. The first-order valence-electron chi connectivity index (χ1n) is 10.9. The number of rotatable bonds is 6. The molecule has 0 aliphatic carbocycles. The van der Waals surface area contributed by atoms with Crippen LogP contribution >= 0.6 is 11.8 Å². The lowest BCUT2D eigenvalue weighted by Crippen LogP contribution is -2.23. The fourth-order valence-corrected chi connectivity index (χ4v) is 4.38. The van der Waals surface area contributed by atoms with E-state index < -0.39 is 0 Å². The summed E-state index contributed by atoms with van der Waals surface area (Å²) in [5.74, 6) is 0.756. The van der Waals surface area contributed by atoms with E-state index in [-0.39, 0.29) is 0 Å². The zero-order chi connectivity index (χ0) is 23.4. The largest absolute Gasteiger partial charge is 0.340 e. The van der Waals surface area contributed by atoms with E-state index in [1.54, 1.807) is 18.8 Å². The Balaban J connectivity index is 1.53. The van der Waals surface area contributed by atoms with Gasteiger partial charge in [-0.2, -0.15) is 0 Å². The Bertz CT molecular complexity index is 1270. The monoisotopic (exact) mass is 455 g/mol. The summed E-state index contributed by atoms with van der Waals surface area (Å²) in [6.07, 6.45) is 7.00. The molecule has 0 unspecified atom stereocenters. The van der Waals surface area contributed by atoms with Gasteiger partial charge in [0.25, 0.3) is 0 Å². The van der Waals surface area contributed by atoms with Crippen LogP contribution in [0.5, 0.6) is 0 Å². The molecule has 1 N–H and O–H groups in total. The van der Waals surface area contributed by atoms with Gasteiger partial charge in [-0.15, -0.1) is 0 Å². The quantitative estimate of drug-likeness (QED) is 0.355. The zero-order valence-electron chi connectivity index (χ0n) is 19.4. The number of pyridine rings is 2. The van der Waals surface area contributed by atoms with E-state index in [0.717, 1.165) is 68.6 Å². The van der Waals surface area contributed by atoms with E-state index >= 15 is 0 Å². The Labute approximate surface area is 200 Å². The van der Waals surface area contributed by atoms with Crippen LogP contribution in [-0.4, -0.2) is 47.1 Å². The number of likely N-dealkylation sites (N-methyl/N-ethyl adjacent to an activating group) is 1. The molecule has 2 aromatic heterocycles. The highest BCUT2D eigenvalue weighted by atomic mass is 32.2. The second-order valence-electron chi connectivity index (χ2n) is 8.17. The van der Waals surface area contributed by atoms with Crippen molar-refractivity contribution in [3.8, 4) is 0 Å². The molecule has 4 rings (SSSR count). The maximum Gasteiger partial charge on any atom is 0.130 e. The minimum atomic E-state index is 0.756. The van der Waals surface area contributed by atoms with Gasteiger partial charge in [-0.1, -0.05) is 43.1 Å². The van der Waals surface area contributed by atoms with Crippen molar-refractivity contribution in [2.24, 2.45) is 4.99 Å². The van der Waals surface area contributed by atoms with E-state index in [9.17, 15) is 0 Å². The molecule has 0 fully saturated rings. The van der Waals surface area contributed by atoms with Gasteiger partial charge in [-0.3, -0.25) is 9.98 Å². The number of hydrogen-bond donors (Lipinski definition) is 1. The molecule has 1 aliphatic rings. The average molecular weight is 456 g/mol. The summed E-state index contributed by atoms with van der Waals surface area (Å²) >= 11 is 1.58. The van der Waals surface area contributed by atoms with Crippen LogP contribution in [0.4, 0.5) is 5.82 Å². The molecule has 1 aliphatic heterocycles. The molecular formula is C27H29N5S. The Morgan fingerprint density at radius 1 is 1.09 bits per heavy atom. The van der Waals surface area contributed by atoms with Crippen LogP contribution in [0.1, 0.15) is 30.2 Å². The van der Waals surface area contributed by atoms with Gasteiger partial charge < -0.3 is 10.2 Å². The van der Waals surface area contributed by atoms with E-state index in [1.165, 1.54) is 5.57 Å². The smallest absolute Gasteiger partial charge is 0.130 e. The highest BCUT2D eigenvalue weighted by molar-refractivity contribution is 8.21. The standard InChI is InChI=1S/C27H29N5S/c1-18(22-8-11-29-26(15-22)21-9-12-32(5)13-10-21)31-27-16-25-14-23(6-7-24(25)17-30-27)19(2)33-20(3)28-4/h6-9,11,14-17H,1-2,10,12-13H2,3-5H3,(H,30,31)/b28-20-. The van der Waals surface area contributed by atoms with Gasteiger partial charge in [-0.05, 0) is 61.2 Å². The van der Waals surface area contributed by atoms with Crippen molar-refractivity contribution in [3.63, 3.8) is 0 Å².